The molecule has 0 aromatic heterocycles. The molecule has 0 fully saturated rings. The van der Waals surface area contributed by atoms with Crippen LogP contribution >= 0.6 is 0 Å². The summed E-state index contributed by atoms with van der Waals surface area (Å²) < 4.78 is 18.3. The number of nitrogens with zero attached hydrogens (tertiary/aromatic N) is 2. The van der Waals surface area contributed by atoms with E-state index in [9.17, 15) is 18.8 Å². The molecule has 0 saturated carbocycles. The lowest BCUT2D eigenvalue weighted by atomic mass is 10.1. The van der Waals surface area contributed by atoms with Crippen molar-refractivity contribution in [2.24, 2.45) is 5.10 Å². The molecular weight excluding hydrogens is 391 g/mol. The molecular formula is C21H21FN4O4. The van der Waals surface area contributed by atoms with Crippen LogP contribution < -0.4 is 15.4 Å². The third-order valence-corrected chi connectivity index (χ3v) is 4.21. The lowest BCUT2D eigenvalue weighted by Crippen LogP contribution is -2.40. The Kier molecular flexibility index (Phi) is 6.74. The number of carbonyl (C=O) groups is 3. The molecule has 0 aliphatic carbocycles. The maximum Gasteiger partial charge on any atom is 0.271 e. The minimum Gasteiger partial charge on any atom is -0.494 e. The number of hydrazone groups is 1. The van der Waals surface area contributed by atoms with Crippen molar-refractivity contribution in [1.29, 1.82) is 0 Å². The van der Waals surface area contributed by atoms with E-state index in [0.29, 0.717) is 23.7 Å². The molecule has 0 unspecified atom stereocenters. The molecule has 8 nitrogen and oxygen atoms in total. The predicted octanol–water partition coefficient (Wildman–Crippen LogP) is 2.78. The summed E-state index contributed by atoms with van der Waals surface area (Å²) in [6.07, 6.45) is 0.217. The molecule has 9 heteroatoms. The highest BCUT2D eigenvalue weighted by molar-refractivity contribution is 6.43. The summed E-state index contributed by atoms with van der Waals surface area (Å²) in [5.74, 6) is -1.04. The summed E-state index contributed by atoms with van der Waals surface area (Å²) in [5, 5.41) is 10.3. The van der Waals surface area contributed by atoms with Crippen molar-refractivity contribution in [2.75, 3.05) is 23.8 Å². The van der Waals surface area contributed by atoms with Gasteiger partial charge in [0.25, 0.3) is 5.91 Å². The lowest BCUT2D eigenvalue weighted by Gasteiger charge is -2.22. The van der Waals surface area contributed by atoms with Crippen LogP contribution in [0.25, 0.3) is 0 Å². The Balaban J connectivity index is 1.61. The summed E-state index contributed by atoms with van der Waals surface area (Å²) in [5.41, 5.74) is 1.07. The first-order valence-electron chi connectivity index (χ1n) is 9.42. The van der Waals surface area contributed by atoms with Crippen LogP contribution in [-0.4, -0.2) is 41.6 Å². The molecule has 0 spiro atoms. The van der Waals surface area contributed by atoms with Crippen molar-refractivity contribution in [3.8, 4) is 5.75 Å². The summed E-state index contributed by atoms with van der Waals surface area (Å²) in [6.45, 7) is 2.09. The van der Waals surface area contributed by atoms with Crippen molar-refractivity contribution < 1.29 is 23.5 Å². The molecule has 0 atom stereocenters. The molecule has 0 radical (unpaired) electrons. The Morgan fingerprint density at radius 3 is 2.33 bits per heavy atom. The molecule has 2 aromatic carbocycles. The van der Waals surface area contributed by atoms with Gasteiger partial charge in [-0.15, -0.1) is 0 Å². The summed E-state index contributed by atoms with van der Waals surface area (Å²) in [6, 6.07) is 12.1. The number of rotatable bonds is 7. The van der Waals surface area contributed by atoms with Crippen LogP contribution in [0.2, 0.25) is 0 Å². The fraction of sp³-hybridized carbons (Fsp3) is 0.238. The second kappa shape index (κ2) is 9.64. The van der Waals surface area contributed by atoms with Gasteiger partial charge in [-0.05, 0) is 55.5 Å². The van der Waals surface area contributed by atoms with Crippen molar-refractivity contribution in [3.05, 3.63) is 54.3 Å². The number of hydrogen-bond acceptors (Lipinski definition) is 5. The monoisotopic (exact) mass is 412 g/mol. The van der Waals surface area contributed by atoms with Gasteiger partial charge in [-0.1, -0.05) is 0 Å². The Morgan fingerprint density at radius 1 is 1.03 bits per heavy atom. The zero-order chi connectivity index (χ0) is 21.5. The maximum atomic E-state index is 13.0. The SMILES string of the molecule is CCOc1ccc(NC(=O)CN2N=C(C(=O)Nc3ccc(F)cc3)CCC2=O)cc1. The zero-order valence-corrected chi connectivity index (χ0v) is 16.4. The minimum atomic E-state index is -0.508. The fourth-order valence-corrected chi connectivity index (χ4v) is 2.76. The zero-order valence-electron chi connectivity index (χ0n) is 16.4. The number of carbonyl (C=O) groups excluding carboxylic acids is 3. The second-order valence-corrected chi connectivity index (χ2v) is 6.46. The Morgan fingerprint density at radius 2 is 1.67 bits per heavy atom. The van der Waals surface area contributed by atoms with Gasteiger partial charge in [0.05, 0.1) is 6.61 Å². The van der Waals surface area contributed by atoms with Gasteiger partial charge in [0.2, 0.25) is 11.8 Å². The highest BCUT2D eigenvalue weighted by Gasteiger charge is 2.26. The van der Waals surface area contributed by atoms with E-state index in [1.807, 2.05) is 6.92 Å². The largest absolute Gasteiger partial charge is 0.494 e. The summed E-state index contributed by atoms with van der Waals surface area (Å²) in [7, 11) is 0. The van der Waals surface area contributed by atoms with E-state index in [1.165, 1.54) is 24.3 Å². The molecule has 1 aliphatic heterocycles. The number of nitrogens with one attached hydrogen (secondary N) is 2. The van der Waals surface area contributed by atoms with Crippen molar-refractivity contribution in [3.63, 3.8) is 0 Å². The fourth-order valence-electron chi connectivity index (χ4n) is 2.76. The van der Waals surface area contributed by atoms with Crippen LogP contribution in [0, 0.1) is 5.82 Å². The third kappa shape index (κ3) is 5.63. The van der Waals surface area contributed by atoms with Crippen LogP contribution in [0.1, 0.15) is 19.8 Å². The number of amides is 3. The number of hydrogen-bond donors (Lipinski definition) is 2. The van der Waals surface area contributed by atoms with E-state index < -0.39 is 17.6 Å². The van der Waals surface area contributed by atoms with Crippen molar-refractivity contribution >= 4 is 34.8 Å². The summed E-state index contributed by atoms with van der Waals surface area (Å²) >= 11 is 0. The van der Waals surface area contributed by atoms with Crippen molar-refractivity contribution in [1.82, 2.24) is 5.01 Å². The normalized spacial score (nSPS) is 13.5. The third-order valence-electron chi connectivity index (χ3n) is 4.21. The van der Waals surface area contributed by atoms with Crippen LogP contribution in [0.4, 0.5) is 15.8 Å². The van der Waals surface area contributed by atoms with Gasteiger partial charge in [0, 0.05) is 24.2 Å². The van der Waals surface area contributed by atoms with Gasteiger partial charge in [0.1, 0.15) is 23.8 Å². The number of benzene rings is 2. The van der Waals surface area contributed by atoms with Crippen LogP contribution in [-0.2, 0) is 14.4 Å². The first-order chi connectivity index (χ1) is 14.4. The van der Waals surface area contributed by atoms with Crippen LogP contribution in [0.15, 0.2) is 53.6 Å². The van der Waals surface area contributed by atoms with E-state index in [0.717, 1.165) is 5.01 Å². The average molecular weight is 412 g/mol. The molecule has 0 saturated heterocycles. The molecule has 1 heterocycles. The van der Waals surface area contributed by atoms with E-state index >= 15 is 0 Å². The Hall–Kier alpha value is -3.75. The highest BCUT2D eigenvalue weighted by atomic mass is 19.1. The molecule has 3 amide bonds. The van der Waals surface area contributed by atoms with Crippen LogP contribution in [0.5, 0.6) is 5.75 Å². The quantitative estimate of drug-likeness (QED) is 0.730. The molecule has 2 aromatic rings. The topological polar surface area (TPSA) is 100 Å². The molecule has 1 aliphatic rings. The van der Waals surface area contributed by atoms with Gasteiger partial charge in [-0.2, -0.15) is 5.10 Å². The standard InChI is InChI=1S/C21H21FN4O4/c1-2-30-17-9-7-15(8-10-17)23-19(27)13-26-20(28)12-11-18(25-26)21(29)24-16-5-3-14(22)4-6-16/h3-10H,2,11-13H2,1H3,(H,23,27)(H,24,29). The predicted molar refractivity (Wildman–Crippen MR) is 110 cm³/mol. The second-order valence-electron chi connectivity index (χ2n) is 6.46. The average Bonchev–Trinajstić information content (AvgIpc) is 2.73. The van der Waals surface area contributed by atoms with E-state index in [1.54, 1.807) is 24.3 Å². The van der Waals surface area contributed by atoms with E-state index in [-0.39, 0.29) is 31.0 Å². The Bertz CT molecular complexity index is 958. The highest BCUT2D eigenvalue weighted by Crippen LogP contribution is 2.16. The first kappa shape index (κ1) is 21.0. The van der Waals surface area contributed by atoms with Gasteiger partial charge in [-0.25, -0.2) is 9.40 Å². The van der Waals surface area contributed by atoms with Gasteiger partial charge >= 0.3 is 0 Å². The first-order valence-corrected chi connectivity index (χ1v) is 9.42. The Labute approximate surface area is 172 Å². The molecule has 3 rings (SSSR count). The van der Waals surface area contributed by atoms with Crippen molar-refractivity contribution in [2.45, 2.75) is 19.8 Å². The van der Waals surface area contributed by atoms with Crippen LogP contribution in [0.3, 0.4) is 0 Å². The number of halogens is 1. The number of anilines is 2. The molecule has 2 N–H and O–H groups in total. The van der Waals surface area contributed by atoms with Gasteiger partial charge in [0.15, 0.2) is 0 Å². The molecule has 30 heavy (non-hydrogen) atoms. The van der Waals surface area contributed by atoms with E-state index in [2.05, 4.69) is 15.7 Å². The maximum absolute atomic E-state index is 13.0. The molecule has 156 valence electrons. The smallest absolute Gasteiger partial charge is 0.271 e. The van der Waals surface area contributed by atoms with Gasteiger partial charge in [-0.3, -0.25) is 14.4 Å². The molecule has 0 bridgehead atoms. The van der Waals surface area contributed by atoms with Gasteiger partial charge < -0.3 is 15.4 Å². The van der Waals surface area contributed by atoms with E-state index in [4.69, 9.17) is 4.74 Å². The minimum absolute atomic E-state index is 0.0615. The lowest BCUT2D eigenvalue weighted by molar-refractivity contribution is -0.135. The number of ether oxygens (including phenoxy) is 1. The summed E-state index contributed by atoms with van der Waals surface area (Å²) in [4.78, 5) is 36.8.